The Kier molecular flexibility index (Phi) is 4.43. The lowest BCUT2D eigenvalue weighted by atomic mass is 10.2. The van der Waals surface area contributed by atoms with Crippen LogP contribution in [0, 0.1) is 6.92 Å². The molecule has 1 N–H and O–H groups in total. The maximum atomic E-state index is 12.6. The SMILES string of the molecule is Cc1ccc(N2C(=O)C(=Cc3cccc(O)c3)SC2=S)cc1Cl. The molecule has 0 bridgehead atoms. The van der Waals surface area contributed by atoms with Crippen LogP contribution in [-0.2, 0) is 4.79 Å². The highest BCUT2D eigenvalue weighted by molar-refractivity contribution is 8.27. The van der Waals surface area contributed by atoms with Crippen LogP contribution in [0.5, 0.6) is 5.75 Å². The minimum atomic E-state index is -0.191. The van der Waals surface area contributed by atoms with E-state index in [1.165, 1.54) is 16.7 Å². The Hall–Kier alpha value is -1.82. The largest absolute Gasteiger partial charge is 0.508 e. The number of amides is 1. The number of hydrogen-bond acceptors (Lipinski definition) is 4. The molecule has 1 heterocycles. The van der Waals surface area contributed by atoms with Crippen LogP contribution in [0.15, 0.2) is 47.4 Å². The number of phenolic OH excluding ortho intramolecular Hbond substituents is 1. The molecule has 0 spiro atoms. The molecule has 2 aromatic carbocycles. The van der Waals surface area contributed by atoms with Gasteiger partial charge in [0.25, 0.3) is 5.91 Å². The first kappa shape index (κ1) is 16.1. The number of halogens is 1. The molecule has 1 aliphatic heterocycles. The number of thioether (sulfide) groups is 1. The number of carbonyl (C=O) groups is 1. The van der Waals surface area contributed by atoms with Gasteiger partial charge in [-0.25, -0.2) is 0 Å². The fourth-order valence-corrected chi connectivity index (χ4v) is 3.65. The third kappa shape index (κ3) is 3.27. The van der Waals surface area contributed by atoms with E-state index in [1.807, 2.05) is 25.1 Å². The van der Waals surface area contributed by atoms with Crippen molar-refractivity contribution in [3.05, 3.63) is 63.5 Å². The predicted molar refractivity (Wildman–Crippen MR) is 99.9 cm³/mol. The number of aryl methyl sites for hydroxylation is 1. The lowest BCUT2D eigenvalue weighted by Gasteiger charge is -2.15. The standard InChI is InChI=1S/C17H12ClNO2S2/c1-10-5-6-12(9-14(10)18)19-16(21)15(23-17(19)22)8-11-3-2-4-13(20)7-11/h2-9,20H,1H3. The highest BCUT2D eigenvalue weighted by Crippen LogP contribution is 2.37. The van der Waals surface area contributed by atoms with Gasteiger partial charge in [0, 0.05) is 5.02 Å². The van der Waals surface area contributed by atoms with E-state index in [-0.39, 0.29) is 11.7 Å². The van der Waals surface area contributed by atoms with Gasteiger partial charge in [-0.2, -0.15) is 0 Å². The van der Waals surface area contributed by atoms with Crippen LogP contribution in [0.3, 0.4) is 0 Å². The van der Waals surface area contributed by atoms with Gasteiger partial charge >= 0.3 is 0 Å². The maximum absolute atomic E-state index is 12.6. The smallest absolute Gasteiger partial charge is 0.270 e. The molecule has 1 saturated heterocycles. The van der Waals surface area contributed by atoms with Crippen LogP contribution in [-0.4, -0.2) is 15.3 Å². The van der Waals surface area contributed by atoms with E-state index in [4.69, 9.17) is 23.8 Å². The summed E-state index contributed by atoms with van der Waals surface area (Å²) >= 11 is 12.7. The Morgan fingerprint density at radius 3 is 2.74 bits per heavy atom. The fourth-order valence-electron chi connectivity index (χ4n) is 2.18. The summed E-state index contributed by atoms with van der Waals surface area (Å²) in [5.74, 6) is -0.0391. The number of nitrogens with zero attached hydrogens (tertiary/aromatic N) is 1. The number of rotatable bonds is 2. The van der Waals surface area contributed by atoms with E-state index in [0.29, 0.717) is 19.9 Å². The molecular formula is C17H12ClNO2S2. The summed E-state index contributed by atoms with van der Waals surface area (Å²) in [6, 6.07) is 12.1. The van der Waals surface area contributed by atoms with Gasteiger partial charge in [0.2, 0.25) is 0 Å². The monoisotopic (exact) mass is 361 g/mol. The van der Waals surface area contributed by atoms with Crippen molar-refractivity contribution in [2.75, 3.05) is 4.90 Å². The van der Waals surface area contributed by atoms with Crippen molar-refractivity contribution >= 4 is 57.6 Å². The molecule has 23 heavy (non-hydrogen) atoms. The first-order valence-electron chi connectivity index (χ1n) is 6.79. The zero-order valence-corrected chi connectivity index (χ0v) is 14.5. The van der Waals surface area contributed by atoms with E-state index in [2.05, 4.69) is 0 Å². The highest BCUT2D eigenvalue weighted by atomic mass is 35.5. The summed E-state index contributed by atoms with van der Waals surface area (Å²) in [7, 11) is 0. The minimum Gasteiger partial charge on any atom is -0.508 e. The van der Waals surface area contributed by atoms with Gasteiger partial charge < -0.3 is 5.11 Å². The van der Waals surface area contributed by atoms with E-state index in [0.717, 1.165) is 11.1 Å². The quantitative estimate of drug-likeness (QED) is 0.618. The first-order valence-corrected chi connectivity index (χ1v) is 8.39. The van der Waals surface area contributed by atoms with Crippen LogP contribution < -0.4 is 4.90 Å². The van der Waals surface area contributed by atoms with Crippen molar-refractivity contribution in [1.29, 1.82) is 0 Å². The minimum absolute atomic E-state index is 0.152. The second kappa shape index (κ2) is 6.35. The van der Waals surface area contributed by atoms with E-state index in [9.17, 15) is 9.90 Å². The van der Waals surface area contributed by atoms with Gasteiger partial charge in [-0.05, 0) is 48.4 Å². The molecule has 2 aromatic rings. The summed E-state index contributed by atoms with van der Waals surface area (Å²) in [6.07, 6.45) is 1.72. The molecule has 0 saturated carbocycles. The molecule has 0 aromatic heterocycles. The molecule has 1 fully saturated rings. The van der Waals surface area contributed by atoms with Gasteiger partial charge in [-0.1, -0.05) is 53.8 Å². The van der Waals surface area contributed by atoms with Crippen molar-refractivity contribution in [2.45, 2.75) is 6.92 Å². The Balaban J connectivity index is 1.95. The predicted octanol–water partition coefficient (Wildman–Crippen LogP) is 4.76. The maximum Gasteiger partial charge on any atom is 0.270 e. The molecule has 1 amide bonds. The van der Waals surface area contributed by atoms with Crippen molar-refractivity contribution in [1.82, 2.24) is 0 Å². The second-order valence-electron chi connectivity index (χ2n) is 5.05. The third-order valence-electron chi connectivity index (χ3n) is 3.38. The highest BCUT2D eigenvalue weighted by Gasteiger charge is 2.33. The van der Waals surface area contributed by atoms with E-state index >= 15 is 0 Å². The van der Waals surface area contributed by atoms with Crippen LogP contribution in [0.25, 0.3) is 6.08 Å². The molecule has 6 heteroatoms. The average Bonchev–Trinajstić information content (AvgIpc) is 2.77. The van der Waals surface area contributed by atoms with Crippen molar-refractivity contribution in [3.8, 4) is 5.75 Å². The average molecular weight is 362 g/mol. The molecule has 0 atom stereocenters. The second-order valence-corrected chi connectivity index (χ2v) is 7.13. The van der Waals surface area contributed by atoms with Crippen LogP contribution in [0.2, 0.25) is 5.02 Å². The fraction of sp³-hybridized carbons (Fsp3) is 0.0588. The van der Waals surface area contributed by atoms with Crippen LogP contribution >= 0.6 is 35.6 Å². The molecule has 0 unspecified atom stereocenters. The van der Waals surface area contributed by atoms with Crippen molar-refractivity contribution in [2.24, 2.45) is 0 Å². The van der Waals surface area contributed by atoms with Crippen LogP contribution in [0.1, 0.15) is 11.1 Å². The number of carbonyl (C=O) groups excluding carboxylic acids is 1. The number of thiocarbonyl (C=S) groups is 1. The Labute approximate surface area is 148 Å². The molecule has 0 aliphatic carbocycles. The van der Waals surface area contributed by atoms with Crippen LogP contribution in [0.4, 0.5) is 5.69 Å². The molecule has 3 nitrogen and oxygen atoms in total. The third-order valence-corrected chi connectivity index (χ3v) is 5.08. The first-order chi connectivity index (χ1) is 11.0. The zero-order valence-electron chi connectivity index (χ0n) is 12.1. The number of benzene rings is 2. The van der Waals surface area contributed by atoms with Gasteiger partial charge in [0.05, 0.1) is 10.6 Å². The van der Waals surface area contributed by atoms with Gasteiger partial charge in [0.15, 0.2) is 4.32 Å². The summed E-state index contributed by atoms with van der Waals surface area (Å²) in [5.41, 5.74) is 2.34. The molecule has 3 rings (SSSR count). The lowest BCUT2D eigenvalue weighted by molar-refractivity contribution is -0.113. The number of hydrogen-bond donors (Lipinski definition) is 1. The number of aromatic hydroxyl groups is 1. The van der Waals surface area contributed by atoms with E-state index in [1.54, 1.807) is 30.3 Å². The topological polar surface area (TPSA) is 40.5 Å². The van der Waals surface area contributed by atoms with Gasteiger partial charge in [-0.3, -0.25) is 9.69 Å². The van der Waals surface area contributed by atoms with Crippen molar-refractivity contribution in [3.63, 3.8) is 0 Å². The van der Waals surface area contributed by atoms with Gasteiger partial charge in [0.1, 0.15) is 5.75 Å². The molecule has 1 aliphatic rings. The Bertz CT molecular complexity index is 848. The molecule has 116 valence electrons. The van der Waals surface area contributed by atoms with E-state index < -0.39 is 0 Å². The van der Waals surface area contributed by atoms with Crippen molar-refractivity contribution < 1.29 is 9.90 Å². The van der Waals surface area contributed by atoms with Gasteiger partial charge in [-0.15, -0.1) is 0 Å². The number of phenols is 1. The number of anilines is 1. The summed E-state index contributed by atoms with van der Waals surface area (Å²) in [4.78, 5) is 14.6. The molecular weight excluding hydrogens is 350 g/mol. The zero-order chi connectivity index (χ0) is 16.6. The summed E-state index contributed by atoms with van der Waals surface area (Å²) < 4.78 is 0.460. The lowest BCUT2D eigenvalue weighted by Crippen LogP contribution is -2.27. The Morgan fingerprint density at radius 2 is 2.04 bits per heavy atom. The molecule has 0 radical (unpaired) electrons. The summed E-state index contributed by atoms with van der Waals surface area (Å²) in [5, 5.41) is 10.1. The summed E-state index contributed by atoms with van der Waals surface area (Å²) in [6.45, 7) is 1.90. The Morgan fingerprint density at radius 1 is 1.26 bits per heavy atom. The normalized spacial score (nSPS) is 16.4.